The molecule has 0 aromatic carbocycles. The summed E-state index contributed by atoms with van der Waals surface area (Å²) in [5.41, 5.74) is 0.338. The Hall–Kier alpha value is -1.69. The van der Waals surface area contributed by atoms with Crippen LogP contribution in [0.15, 0.2) is 12.1 Å². The second kappa shape index (κ2) is 7.68. The van der Waals surface area contributed by atoms with Crippen molar-refractivity contribution in [1.29, 1.82) is 0 Å². The molecule has 0 saturated carbocycles. The minimum atomic E-state index is -0.187. The largest absolute Gasteiger partial charge is 0.372 e. The van der Waals surface area contributed by atoms with Gasteiger partial charge in [0.05, 0.1) is 0 Å². The lowest BCUT2D eigenvalue weighted by Crippen LogP contribution is -2.37. The van der Waals surface area contributed by atoms with Gasteiger partial charge >= 0.3 is 0 Å². The van der Waals surface area contributed by atoms with Crippen LogP contribution in [0, 0.1) is 0 Å². The van der Waals surface area contributed by atoms with Gasteiger partial charge in [0.1, 0.15) is 5.82 Å². The van der Waals surface area contributed by atoms with E-state index in [0.29, 0.717) is 24.1 Å². The summed E-state index contributed by atoms with van der Waals surface area (Å²) in [4.78, 5) is 14.0. The fourth-order valence-corrected chi connectivity index (χ4v) is 1.56. The van der Waals surface area contributed by atoms with E-state index < -0.39 is 0 Å². The first kappa shape index (κ1) is 15.4. The van der Waals surface area contributed by atoms with Gasteiger partial charge in [-0.2, -0.15) is 0 Å². The minimum Gasteiger partial charge on any atom is -0.372 e. The number of carbonyl (C=O) groups is 1. The van der Waals surface area contributed by atoms with Gasteiger partial charge in [-0.05, 0) is 32.5 Å². The lowest BCUT2D eigenvalue weighted by atomic mass is 10.2. The number of aromatic nitrogens is 2. The van der Waals surface area contributed by atoms with E-state index >= 15 is 0 Å². The van der Waals surface area contributed by atoms with Gasteiger partial charge < -0.3 is 15.5 Å². The number of rotatable bonds is 7. The Morgan fingerprint density at radius 3 is 2.68 bits per heavy atom. The summed E-state index contributed by atoms with van der Waals surface area (Å²) in [6.45, 7) is 5.75. The number of nitrogens with zero attached hydrogens (tertiary/aromatic N) is 3. The molecule has 1 aromatic rings. The minimum absolute atomic E-state index is 0.187. The van der Waals surface area contributed by atoms with Crippen molar-refractivity contribution in [2.45, 2.75) is 26.3 Å². The van der Waals surface area contributed by atoms with Crippen molar-refractivity contribution in [3.8, 4) is 0 Å². The molecule has 1 unspecified atom stereocenters. The highest BCUT2D eigenvalue weighted by molar-refractivity contribution is 5.92. The van der Waals surface area contributed by atoms with Crippen LogP contribution in [0.3, 0.4) is 0 Å². The monoisotopic (exact) mass is 265 g/mol. The number of likely N-dealkylation sites (N-methyl/N-ethyl adjacent to an activating group) is 1. The molecule has 0 spiro atoms. The zero-order chi connectivity index (χ0) is 14.3. The van der Waals surface area contributed by atoms with Crippen molar-refractivity contribution in [2.75, 3.05) is 32.5 Å². The third-order valence-corrected chi connectivity index (χ3v) is 3.25. The lowest BCUT2D eigenvalue weighted by molar-refractivity contribution is 0.0941. The molecule has 1 amide bonds. The van der Waals surface area contributed by atoms with Crippen molar-refractivity contribution in [3.05, 3.63) is 17.8 Å². The number of carbonyl (C=O) groups excluding carboxylic acids is 1. The van der Waals surface area contributed by atoms with Crippen LogP contribution in [0.1, 0.15) is 30.8 Å². The maximum Gasteiger partial charge on any atom is 0.271 e. The van der Waals surface area contributed by atoms with Crippen LogP contribution in [-0.4, -0.2) is 54.2 Å². The molecule has 0 aliphatic heterocycles. The summed E-state index contributed by atoms with van der Waals surface area (Å²) >= 11 is 0. The van der Waals surface area contributed by atoms with Gasteiger partial charge in [0.2, 0.25) is 0 Å². The van der Waals surface area contributed by atoms with E-state index in [1.54, 1.807) is 19.2 Å². The molecule has 1 rings (SSSR count). The summed E-state index contributed by atoms with van der Waals surface area (Å²) < 4.78 is 0. The Bertz CT molecular complexity index is 393. The van der Waals surface area contributed by atoms with Gasteiger partial charge in [-0.15, -0.1) is 10.2 Å². The summed E-state index contributed by atoms with van der Waals surface area (Å²) in [6.07, 6.45) is 1.10. The highest BCUT2D eigenvalue weighted by Gasteiger charge is 2.09. The highest BCUT2D eigenvalue weighted by Crippen LogP contribution is 2.01. The van der Waals surface area contributed by atoms with E-state index in [9.17, 15) is 4.79 Å². The standard InChI is InChI=1S/C13H23N5O/c1-5-10(2)18(4)9-8-15-13(19)11-6-7-12(14-3)17-16-11/h6-7,10H,5,8-9H2,1-4H3,(H,14,17)(H,15,19). The van der Waals surface area contributed by atoms with E-state index in [2.05, 4.69) is 46.6 Å². The first-order chi connectivity index (χ1) is 9.08. The molecular weight excluding hydrogens is 242 g/mol. The van der Waals surface area contributed by atoms with Gasteiger partial charge in [-0.3, -0.25) is 4.79 Å². The Balaban J connectivity index is 2.38. The third-order valence-electron chi connectivity index (χ3n) is 3.25. The van der Waals surface area contributed by atoms with Crippen LogP contribution in [0.2, 0.25) is 0 Å². The summed E-state index contributed by atoms with van der Waals surface area (Å²) in [5.74, 6) is 0.459. The van der Waals surface area contributed by atoms with Crippen molar-refractivity contribution in [1.82, 2.24) is 20.4 Å². The summed E-state index contributed by atoms with van der Waals surface area (Å²) in [5, 5.41) is 13.4. The average molecular weight is 265 g/mol. The van der Waals surface area contributed by atoms with E-state index in [0.717, 1.165) is 13.0 Å². The van der Waals surface area contributed by atoms with Crippen molar-refractivity contribution in [2.24, 2.45) is 0 Å². The lowest BCUT2D eigenvalue weighted by Gasteiger charge is -2.23. The van der Waals surface area contributed by atoms with Gasteiger partial charge in [0.15, 0.2) is 5.69 Å². The molecule has 19 heavy (non-hydrogen) atoms. The van der Waals surface area contributed by atoms with Crippen LogP contribution >= 0.6 is 0 Å². The summed E-state index contributed by atoms with van der Waals surface area (Å²) in [7, 11) is 3.82. The predicted molar refractivity (Wildman–Crippen MR) is 76.3 cm³/mol. The normalized spacial score (nSPS) is 12.3. The molecule has 6 heteroatoms. The van der Waals surface area contributed by atoms with Crippen molar-refractivity contribution >= 4 is 11.7 Å². The maximum atomic E-state index is 11.8. The molecular formula is C13H23N5O. The topological polar surface area (TPSA) is 70.2 Å². The van der Waals surface area contributed by atoms with Crippen LogP contribution in [0.4, 0.5) is 5.82 Å². The molecule has 0 radical (unpaired) electrons. The smallest absolute Gasteiger partial charge is 0.271 e. The van der Waals surface area contributed by atoms with Crippen LogP contribution in [0.25, 0.3) is 0 Å². The van der Waals surface area contributed by atoms with E-state index in [1.807, 2.05) is 0 Å². The Labute approximate surface area is 114 Å². The van der Waals surface area contributed by atoms with Crippen LogP contribution < -0.4 is 10.6 Å². The molecule has 106 valence electrons. The molecule has 1 heterocycles. The number of amides is 1. The second-order valence-electron chi connectivity index (χ2n) is 4.55. The molecule has 2 N–H and O–H groups in total. The average Bonchev–Trinajstić information content (AvgIpc) is 2.46. The van der Waals surface area contributed by atoms with Crippen LogP contribution in [-0.2, 0) is 0 Å². The number of nitrogens with one attached hydrogen (secondary N) is 2. The Morgan fingerprint density at radius 2 is 2.16 bits per heavy atom. The van der Waals surface area contributed by atoms with Crippen molar-refractivity contribution < 1.29 is 4.79 Å². The second-order valence-corrected chi connectivity index (χ2v) is 4.55. The Kier molecular flexibility index (Phi) is 6.21. The van der Waals surface area contributed by atoms with Gasteiger partial charge in [0.25, 0.3) is 5.91 Å². The van der Waals surface area contributed by atoms with Gasteiger partial charge in [-0.25, -0.2) is 0 Å². The fraction of sp³-hybridized carbons (Fsp3) is 0.615. The molecule has 6 nitrogen and oxygen atoms in total. The third kappa shape index (κ3) is 4.82. The Morgan fingerprint density at radius 1 is 1.42 bits per heavy atom. The van der Waals surface area contributed by atoms with Gasteiger partial charge in [0, 0.05) is 26.2 Å². The quantitative estimate of drug-likeness (QED) is 0.769. The van der Waals surface area contributed by atoms with Crippen LogP contribution in [0.5, 0.6) is 0 Å². The fourth-order valence-electron chi connectivity index (χ4n) is 1.56. The zero-order valence-corrected chi connectivity index (χ0v) is 12.1. The molecule has 1 atom stereocenters. The molecule has 0 aliphatic carbocycles. The predicted octanol–water partition coefficient (Wildman–Crippen LogP) is 0.978. The number of hydrogen-bond acceptors (Lipinski definition) is 5. The zero-order valence-electron chi connectivity index (χ0n) is 12.1. The highest BCUT2D eigenvalue weighted by atomic mass is 16.1. The first-order valence-corrected chi connectivity index (χ1v) is 6.58. The first-order valence-electron chi connectivity index (χ1n) is 6.58. The van der Waals surface area contributed by atoms with E-state index in [-0.39, 0.29) is 5.91 Å². The van der Waals surface area contributed by atoms with E-state index in [4.69, 9.17) is 0 Å². The molecule has 0 bridgehead atoms. The van der Waals surface area contributed by atoms with Crippen molar-refractivity contribution in [3.63, 3.8) is 0 Å². The summed E-state index contributed by atoms with van der Waals surface area (Å²) in [6, 6.07) is 3.91. The molecule has 1 aromatic heterocycles. The van der Waals surface area contributed by atoms with Gasteiger partial charge in [-0.1, -0.05) is 6.92 Å². The van der Waals surface area contributed by atoms with E-state index in [1.165, 1.54) is 0 Å². The molecule has 0 fully saturated rings. The molecule has 0 aliphatic rings. The number of hydrogen-bond donors (Lipinski definition) is 2. The maximum absolute atomic E-state index is 11.8. The number of anilines is 1. The molecule has 0 saturated heterocycles. The SMILES string of the molecule is CCC(C)N(C)CCNC(=O)c1ccc(NC)nn1.